The van der Waals surface area contributed by atoms with E-state index >= 15 is 0 Å². The summed E-state index contributed by atoms with van der Waals surface area (Å²) < 4.78 is 6.16. The summed E-state index contributed by atoms with van der Waals surface area (Å²) in [4.78, 5) is 2.58. The molecule has 22 heavy (non-hydrogen) atoms. The molecule has 3 rings (SSSR count). The van der Waals surface area contributed by atoms with E-state index in [9.17, 15) is 0 Å². The van der Waals surface area contributed by atoms with Crippen LogP contribution in [-0.4, -0.2) is 31.1 Å². The van der Waals surface area contributed by atoms with Crippen LogP contribution in [0.4, 0.5) is 0 Å². The number of fused-ring (bicyclic) bond motifs is 1. The van der Waals surface area contributed by atoms with Crippen LogP contribution in [0, 0.1) is 11.8 Å². The first-order valence-corrected chi connectivity index (χ1v) is 8.79. The number of hydrogen-bond donors (Lipinski definition) is 1. The molecule has 3 nitrogen and oxygen atoms in total. The van der Waals surface area contributed by atoms with E-state index in [4.69, 9.17) is 10.5 Å². The predicted molar refractivity (Wildman–Crippen MR) is 91.3 cm³/mol. The minimum atomic E-state index is 0.0969. The lowest BCUT2D eigenvalue weighted by atomic mass is 9.87. The first-order chi connectivity index (χ1) is 10.6. The van der Waals surface area contributed by atoms with E-state index in [1.165, 1.54) is 37.1 Å². The van der Waals surface area contributed by atoms with E-state index < -0.39 is 0 Å². The van der Waals surface area contributed by atoms with Crippen LogP contribution in [0.2, 0.25) is 0 Å². The second-order valence-electron chi connectivity index (χ2n) is 7.52. The highest BCUT2D eigenvalue weighted by molar-refractivity contribution is 5.46. The zero-order valence-electron chi connectivity index (χ0n) is 14.2. The Bertz CT molecular complexity index is 514. The summed E-state index contributed by atoms with van der Waals surface area (Å²) in [5, 5.41) is 0. The molecule has 2 heterocycles. The number of nitrogens with zero attached hydrogens (tertiary/aromatic N) is 1. The summed E-state index contributed by atoms with van der Waals surface area (Å²) in [6, 6.07) is 6.54. The van der Waals surface area contributed by atoms with E-state index in [2.05, 4.69) is 43.9 Å². The van der Waals surface area contributed by atoms with Crippen LogP contribution in [0.15, 0.2) is 18.2 Å². The molecule has 0 bridgehead atoms. The molecule has 0 spiro atoms. The van der Waals surface area contributed by atoms with Gasteiger partial charge in [-0.3, -0.25) is 0 Å². The lowest BCUT2D eigenvalue weighted by Gasteiger charge is -2.38. The third-order valence-corrected chi connectivity index (χ3v) is 5.24. The maximum absolute atomic E-state index is 6.60. The van der Waals surface area contributed by atoms with E-state index in [0.717, 1.165) is 24.8 Å². The standard InChI is InChI=1S/C19H30N2O/c1-13(2)16-7-4-8-17-18(20)15(12-22-19(16)17)11-21-9-5-6-14(3)10-21/h4,7-8,13-15,18H,5-6,9-12,20H2,1-3H3. The predicted octanol–water partition coefficient (Wildman–Crippen LogP) is 3.55. The van der Waals surface area contributed by atoms with Gasteiger partial charge in [0.1, 0.15) is 5.75 Å². The van der Waals surface area contributed by atoms with Crippen molar-refractivity contribution in [3.05, 3.63) is 29.3 Å². The quantitative estimate of drug-likeness (QED) is 0.928. The number of hydrogen-bond acceptors (Lipinski definition) is 3. The van der Waals surface area contributed by atoms with Crippen molar-refractivity contribution in [3.63, 3.8) is 0 Å². The highest BCUT2D eigenvalue weighted by Crippen LogP contribution is 2.39. The van der Waals surface area contributed by atoms with Gasteiger partial charge in [0.05, 0.1) is 6.61 Å². The number of para-hydroxylation sites is 1. The summed E-state index contributed by atoms with van der Waals surface area (Å²) in [5.74, 6) is 2.74. The fourth-order valence-electron chi connectivity index (χ4n) is 3.96. The molecule has 0 saturated carbocycles. The maximum Gasteiger partial charge on any atom is 0.127 e. The van der Waals surface area contributed by atoms with Crippen molar-refractivity contribution >= 4 is 0 Å². The van der Waals surface area contributed by atoms with Gasteiger partial charge in [-0.15, -0.1) is 0 Å². The van der Waals surface area contributed by atoms with Gasteiger partial charge in [0.2, 0.25) is 0 Å². The Hall–Kier alpha value is -1.06. The fourth-order valence-corrected chi connectivity index (χ4v) is 3.96. The van der Waals surface area contributed by atoms with Gasteiger partial charge in [0.25, 0.3) is 0 Å². The third-order valence-electron chi connectivity index (χ3n) is 5.24. The zero-order valence-corrected chi connectivity index (χ0v) is 14.2. The topological polar surface area (TPSA) is 38.5 Å². The van der Waals surface area contributed by atoms with Gasteiger partial charge in [-0.1, -0.05) is 39.0 Å². The van der Waals surface area contributed by atoms with Crippen molar-refractivity contribution in [2.24, 2.45) is 17.6 Å². The summed E-state index contributed by atoms with van der Waals surface area (Å²) in [6.07, 6.45) is 2.68. The molecule has 0 aromatic heterocycles. The van der Waals surface area contributed by atoms with Crippen LogP contribution in [0.25, 0.3) is 0 Å². The highest BCUT2D eigenvalue weighted by Gasteiger charge is 2.32. The first kappa shape index (κ1) is 15.8. The number of benzene rings is 1. The van der Waals surface area contributed by atoms with Crippen LogP contribution in [0.1, 0.15) is 56.7 Å². The molecule has 3 unspecified atom stereocenters. The molecule has 1 saturated heterocycles. The maximum atomic E-state index is 6.60. The van der Waals surface area contributed by atoms with E-state index in [0.29, 0.717) is 11.8 Å². The van der Waals surface area contributed by atoms with Gasteiger partial charge >= 0.3 is 0 Å². The molecule has 0 radical (unpaired) electrons. The zero-order chi connectivity index (χ0) is 15.7. The molecule has 3 heteroatoms. The largest absolute Gasteiger partial charge is 0.493 e. The molecule has 1 aromatic rings. The summed E-state index contributed by atoms with van der Waals surface area (Å²) >= 11 is 0. The number of piperidine rings is 1. The average Bonchev–Trinajstić information content (AvgIpc) is 2.49. The molecule has 0 amide bonds. The van der Waals surface area contributed by atoms with Crippen LogP contribution >= 0.6 is 0 Å². The Kier molecular flexibility index (Phi) is 4.74. The molecular formula is C19H30N2O. The Morgan fingerprint density at radius 2 is 2.18 bits per heavy atom. The van der Waals surface area contributed by atoms with Crippen LogP contribution < -0.4 is 10.5 Å². The summed E-state index contributed by atoms with van der Waals surface area (Å²) in [5.41, 5.74) is 9.10. The molecular weight excluding hydrogens is 272 g/mol. The number of nitrogens with two attached hydrogens (primary N) is 1. The van der Waals surface area contributed by atoms with Crippen LogP contribution in [0.3, 0.4) is 0 Å². The number of rotatable bonds is 3. The van der Waals surface area contributed by atoms with Gasteiger partial charge in [-0.05, 0) is 36.8 Å². The minimum Gasteiger partial charge on any atom is -0.493 e. The van der Waals surface area contributed by atoms with Crippen molar-refractivity contribution in [1.29, 1.82) is 0 Å². The highest BCUT2D eigenvalue weighted by atomic mass is 16.5. The summed E-state index contributed by atoms with van der Waals surface area (Å²) in [6.45, 7) is 11.0. The normalized spacial score (nSPS) is 29.2. The van der Waals surface area contributed by atoms with Gasteiger partial charge in [0.15, 0.2) is 0 Å². The van der Waals surface area contributed by atoms with Crippen molar-refractivity contribution in [2.75, 3.05) is 26.2 Å². The molecule has 2 N–H and O–H groups in total. The monoisotopic (exact) mass is 302 g/mol. The minimum absolute atomic E-state index is 0.0969. The average molecular weight is 302 g/mol. The van der Waals surface area contributed by atoms with Gasteiger partial charge < -0.3 is 15.4 Å². The Balaban J connectivity index is 1.74. The van der Waals surface area contributed by atoms with Crippen LogP contribution in [0.5, 0.6) is 5.75 Å². The summed E-state index contributed by atoms with van der Waals surface area (Å²) in [7, 11) is 0. The Morgan fingerprint density at radius 3 is 2.91 bits per heavy atom. The molecule has 0 aliphatic carbocycles. The van der Waals surface area contributed by atoms with E-state index in [1.54, 1.807) is 0 Å². The van der Waals surface area contributed by atoms with E-state index in [1.807, 2.05) is 0 Å². The van der Waals surface area contributed by atoms with Crippen LogP contribution in [-0.2, 0) is 0 Å². The van der Waals surface area contributed by atoms with Gasteiger partial charge in [0, 0.05) is 30.6 Å². The molecule has 1 aromatic carbocycles. The molecule has 1 fully saturated rings. The Morgan fingerprint density at radius 1 is 1.36 bits per heavy atom. The molecule has 122 valence electrons. The third kappa shape index (κ3) is 3.16. The fraction of sp³-hybridized carbons (Fsp3) is 0.684. The lowest BCUT2D eigenvalue weighted by Crippen LogP contribution is -2.43. The number of ether oxygens (including phenoxy) is 1. The SMILES string of the molecule is CC1CCCN(CC2COc3c(C(C)C)cccc3C2N)C1. The lowest BCUT2D eigenvalue weighted by molar-refractivity contribution is 0.109. The van der Waals surface area contributed by atoms with Crippen molar-refractivity contribution in [3.8, 4) is 5.75 Å². The molecule has 3 atom stereocenters. The van der Waals surface area contributed by atoms with E-state index in [-0.39, 0.29) is 6.04 Å². The molecule has 2 aliphatic heterocycles. The first-order valence-electron chi connectivity index (χ1n) is 8.79. The van der Waals surface area contributed by atoms with Crippen molar-refractivity contribution < 1.29 is 4.74 Å². The van der Waals surface area contributed by atoms with Gasteiger partial charge in [-0.25, -0.2) is 0 Å². The smallest absolute Gasteiger partial charge is 0.127 e. The molecule has 2 aliphatic rings. The number of likely N-dealkylation sites (tertiary alicyclic amines) is 1. The van der Waals surface area contributed by atoms with Crippen molar-refractivity contribution in [2.45, 2.75) is 45.6 Å². The van der Waals surface area contributed by atoms with Gasteiger partial charge in [-0.2, -0.15) is 0 Å². The van der Waals surface area contributed by atoms with Crippen molar-refractivity contribution in [1.82, 2.24) is 4.90 Å². The second-order valence-corrected chi connectivity index (χ2v) is 7.52. The second kappa shape index (κ2) is 6.59. The Labute approximate surface area is 134 Å².